The van der Waals surface area contributed by atoms with Crippen LogP contribution in [0.5, 0.6) is 0 Å². The van der Waals surface area contributed by atoms with Gasteiger partial charge in [-0.3, -0.25) is 0 Å². The molecule has 0 aromatic heterocycles. The quantitative estimate of drug-likeness (QED) is 0.788. The lowest BCUT2D eigenvalue weighted by Gasteiger charge is -2.06. The summed E-state index contributed by atoms with van der Waals surface area (Å²) in [4.78, 5) is -0.340. The molecule has 0 amide bonds. The Morgan fingerprint density at radius 3 is 2.72 bits per heavy atom. The highest BCUT2D eigenvalue weighted by Crippen LogP contribution is 2.23. The van der Waals surface area contributed by atoms with Gasteiger partial charge in [0, 0.05) is 11.6 Å². The lowest BCUT2D eigenvalue weighted by atomic mass is 10.2. The minimum atomic E-state index is -3.76. The highest BCUT2D eigenvalue weighted by atomic mass is 32.2. The second kappa shape index (κ2) is 5.06. The van der Waals surface area contributed by atoms with Crippen LogP contribution in [0.3, 0.4) is 0 Å². The van der Waals surface area contributed by atoms with Crippen molar-refractivity contribution in [3.63, 3.8) is 0 Å². The fraction of sp³-hybridized carbons (Fsp3) is 0.333. The molecule has 0 aliphatic heterocycles. The molecule has 0 heterocycles. The summed E-state index contributed by atoms with van der Waals surface area (Å²) in [5.74, 6) is 4.43. The molecule has 0 spiro atoms. The van der Waals surface area contributed by atoms with Crippen molar-refractivity contribution in [2.75, 3.05) is 6.54 Å². The minimum Gasteiger partial charge on any atom is -0.320 e. The molecule has 4 nitrogen and oxygen atoms in total. The molecule has 2 rings (SSSR count). The molecule has 0 saturated heterocycles. The molecule has 6 heteroatoms. The number of hydrogen-bond acceptors (Lipinski definition) is 3. The maximum Gasteiger partial charge on any atom is 0.243 e. The van der Waals surface area contributed by atoms with Crippen LogP contribution in [0.1, 0.15) is 18.4 Å². The number of halogens is 1. The Hall–Kier alpha value is -1.42. The minimum absolute atomic E-state index is 0.0499. The number of rotatable bonds is 3. The van der Waals surface area contributed by atoms with Gasteiger partial charge in [-0.05, 0) is 31.0 Å². The fourth-order valence-corrected chi connectivity index (χ4v) is 2.80. The van der Waals surface area contributed by atoms with Gasteiger partial charge < -0.3 is 5.73 Å². The van der Waals surface area contributed by atoms with E-state index in [0.717, 1.165) is 18.9 Å². The third-order valence-electron chi connectivity index (χ3n) is 2.46. The molecule has 1 aliphatic carbocycles. The van der Waals surface area contributed by atoms with Crippen molar-refractivity contribution in [2.24, 2.45) is 5.73 Å². The summed E-state index contributed by atoms with van der Waals surface area (Å²) in [6.07, 6.45) is 1.61. The Bertz CT molecular complexity index is 613. The van der Waals surface area contributed by atoms with E-state index in [4.69, 9.17) is 5.73 Å². The van der Waals surface area contributed by atoms with Gasteiger partial charge in [0.15, 0.2) is 0 Å². The lowest BCUT2D eigenvalue weighted by molar-refractivity contribution is 0.556. The van der Waals surface area contributed by atoms with Gasteiger partial charge in [0.25, 0.3) is 0 Å². The van der Waals surface area contributed by atoms with Crippen LogP contribution in [0, 0.1) is 17.7 Å². The first-order valence-electron chi connectivity index (χ1n) is 5.54. The van der Waals surface area contributed by atoms with Gasteiger partial charge in [0.05, 0.1) is 6.54 Å². The van der Waals surface area contributed by atoms with Gasteiger partial charge in [-0.25, -0.2) is 17.5 Å². The second-order valence-corrected chi connectivity index (χ2v) is 5.73. The molecular weight excluding hydrogens is 255 g/mol. The average molecular weight is 268 g/mol. The third kappa shape index (κ3) is 3.07. The summed E-state index contributed by atoms with van der Waals surface area (Å²) >= 11 is 0. The van der Waals surface area contributed by atoms with Crippen molar-refractivity contribution in [1.82, 2.24) is 4.72 Å². The highest BCUT2D eigenvalue weighted by Gasteiger charge is 2.29. The van der Waals surface area contributed by atoms with Crippen LogP contribution < -0.4 is 10.5 Å². The van der Waals surface area contributed by atoms with Crippen LogP contribution in [0.25, 0.3) is 0 Å². The van der Waals surface area contributed by atoms with E-state index in [-0.39, 0.29) is 17.5 Å². The number of hydrogen-bond donors (Lipinski definition) is 2. The maximum atomic E-state index is 13.7. The summed E-state index contributed by atoms with van der Waals surface area (Å²) in [5.41, 5.74) is 5.61. The van der Waals surface area contributed by atoms with Crippen LogP contribution in [0.15, 0.2) is 23.1 Å². The van der Waals surface area contributed by atoms with Crippen molar-refractivity contribution in [1.29, 1.82) is 0 Å². The Kier molecular flexibility index (Phi) is 3.66. The molecule has 18 heavy (non-hydrogen) atoms. The van der Waals surface area contributed by atoms with Crippen LogP contribution in [-0.4, -0.2) is 21.0 Å². The zero-order valence-electron chi connectivity index (χ0n) is 9.61. The van der Waals surface area contributed by atoms with E-state index in [1.165, 1.54) is 12.1 Å². The first-order valence-corrected chi connectivity index (χ1v) is 7.02. The van der Waals surface area contributed by atoms with Gasteiger partial charge in [-0.15, -0.1) is 0 Å². The van der Waals surface area contributed by atoms with Gasteiger partial charge >= 0.3 is 0 Å². The van der Waals surface area contributed by atoms with E-state index >= 15 is 0 Å². The van der Waals surface area contributed by atoms with E-state index < -0.39 is 15.8 Å². The molecule has 0 bridgehead atoms. The molecule has 1 aromatic carbocycles. The molecule has 1 fully saturated rings. The molecule has 1 saturated carbocycles. The van der Waals surface area contributed by atoms with E-state index in [0.29, 0.717) is 5.56 Å². The predicted molar refractivity (Wildman–Crippen MR) is 65.7 cm³/mol. The zero-order valence-corrected chi connectivity index (χ0v) is 10.4. The summed E-state index contributed by atoms with van der Waals surface area (Å²) in [6, 6.07) is 3.74. The number of nitrogens with two attached hydrogens (primary N) is 1. The Balaban J connectivity index is 2.28. The summed E-state index contributed by atoms with van der Waals surface area (Å²) < 4.78 is 39.8. The van der Waals surface area contributed by atoms with Crippen molar-refractivity contribution in [2.45, 2.75) is 23.8 Å². The SMILES string of the molecule is NCC#Cc1ccc(S(=O)(=O)NC2CC2)c(F)c1. The van der Waals surface area contributed by atoms with E-state index in [1.807, 2.05) is 0 Å². The molecular formula is C12H13FN2O2S. The molecule has 96 valence electrons. The zero-order chi connectivity index (χ0) is 13.2. The summed E-state index contributed by atoms with van der Waals surface area (Å²) in [5, 5.41) is 0. The van der Waals surface area contributed by atoms with E-state index in [9.17, 15) is 12.8 Å². The molecule has 1 aliphatic rings. The van der Waals surface area contributed by atoms with Crippen LogP contribution >= 0.6 is 0 Å². The van der Waals surface area contributed by atoms with Gasteiger partial charge in [0.2, 0.25) is 10.0 Å². The number of sulfonamides is 1. The van der Waals surface area contributed by atoms with E-state index in [2.05, 4.69) is 16.6 Å². The normalized spacial score (nSPS) is 15.0. The first-order chi connectivity index (χ1) is 8.53. The molecule has 0 radical (unpaired) electrons. The highest BCUT2D eigenvalue weighted by molar-refractivity contribution is 7.89. The van der Waals surface area contributed by atoms with Gasteiger partial charge in [-0.1, -0.05) is 11.8 Å². The third-order valence-corrected chi connectivity index (χ3v) is 4.01. The molecule has 0 unspecified atom stereocenters. The van der Waals surface area contributed by atoms with Crippen molar-refractivity contribution in [3.8, 4) is 11.8 Å². The van der Waals surface area contributed by atoms with Crippen molar-refractivity contribution >= 4 is 10.0 Å². The monoisotopic (exact) mass is 268 g/mol. The second-order valence-electron chi connectivity index (χ2n) is 4.05. The molecule has 3 N–H and O–H groups in total. The molecule has 0 atom stereocenters. The maximum absolute atomic E-state index is 13.7. The van der Waals surface area contributed by atoms with Crippen LogP contribution in [-0.2, 0) is 10.0 Å². The Morgan fingerprint density at radius 1 is 1.44 bits per heavy atom. The fourth-order valence-electron chi connectivity index (χ4n) is 1.43. The standard InChI is InChI=1S/C12H13FN2O2S/c13-11-8-9(2-1-7-14)3-6-12(11)18(16,17)15-10-4-5-10/h3,6,8,10,15H,4-5,7,14H2. The first kappa shape index (κ1) is 13.0. The largest absolute Gasteiger partial charge is 0.320 e. The van der Waals surface area contributed by atoms with Crippen molar-refractivity contribution in [3.05, 3.63) is 29.6 Å². The molecule has 1 aromatic rings. The van der Waals surface area contributed by atoms with Gasteiger partial charge in [0.1, 0.15) is 10.7 Å². The Labute approximate surface area is 105 Å². The Morgan fingerprint density at radius 2 is 2.17 bits per heavy atom. The number of nitrogens with one attached hydrogen (secondary N) is 1. The van der Waals surface area contributed by atoms with Crippen molar-refractivity contribution < 1.29 is 12.8 Å². The van der Waals surface area contributed by atoms with E-state index in [1.54, 1.807) is 0 Å². The predicted octanol–water partition coefficient (Wildman–Crippen LogP) is 0.577. The van der Waals surface area contributed by atoms with Gasteiger partial charge in [-0.2, -0.15) is 0 Å². The average Bonchev–Trinajstić information content (AvgIpc) is 3.09. The lowest BCUT2D eigenvalue weighted by Crippen LogP contribution is -2.26. The van der Waals surface area contributed by atoms with Crippen LogP contribution in [0.4, 0.5) is 4.39 Å². The summed E-state index contributed by atoms with van der Waals surface area (Å²) in [6.45, 7) is 0.172. The number of benzene rings is 1. The summed E-state index contributed by atoms with van der Waals surface area (Å²) in [7, 11) is -3.76. The topological polar surface area (TPSA) is 72.2 Å². The van der Waals surface area contributed by atoms with Crippen LogP contribution in [0.2, 0.25) is 0 Å². The smallest absolute Gasteiger partial charge is 0.243 e.